The Kier molecular flexibility index (Phi) is 13.4. The van der Waals surface area contributed by atoms with E-state index in [2.05, 4.69) is 79.0 Å². The maximum atomic E-state index is 2.61. The molecule has 5 heteroatoms. The number of halogens is 3. The maximum Gasteiger partial charge on any atom is -1.00 e. The van der Waals surface area contributed by atoms with E-state index < -0.39 is 8.07 Å². The maximum absolute atomic E-state index is 2.61. The molecule has 1 aliphatic rings. The fourth-order valence-electron chi connectivity index (χ4n) is 3.83. The molecule has 1 aromatic carbocycles. The van der Waals surface area contributed by atoms with E-state index >= 15 is 0 Å². The Balaban J connectivity index is 0. The number of hydrogen-bond acceptors (Lipinski definition) is 0. The smallest absolute Gasteiger partial charge is 1.00 e. The number of benzene rings is 1. The van der Waals surface area contributed by atoms with Gasteiger partial charge in [-0.25, -0.2) is 0 Å². The zero-order chi connectivity index (χ0) is 16.3. The van der Waals surface area contributed by atoms with Crippen molar-refractivity contribution in [1.29, 1.82) is 0 Å². The van der Waals surface area contributed by atoms with E-state index in [0.29, 0.717) is 0 Å². The van der Waals surface area contributed by atoms with Crippen molar-refractivity contribution in [3.05, 3.63) is 50.0 Å². The number of hydrogen-bond donors (Lipinski definition) is 0. The fraction of sp³-hybridized carbons (Fsp3) is 0.500. The predicted octanol–water partition coefficient (Wildman–Crippen LogP) is -3.52. The van der Waals surface area contributed by atoms with Crippen LogP contribution in [0, 0.1) is 13.8 Å². The van der Waals surface area contributed by atoms with Crippen LogP contribution >= 0.6 is 0 Å². The Morgan fingerprint density at radius 3 is 2.04 bits per heavy atom. The van der Waals surface area contributed by atoms with Crippen LogP contribution in [0.5, 0.6) is 0 Å². The second-order valence-electron chi connectivity index (χ2n) is 6.94. The zero-order valence-corrected chi connectivity index (χ0v) is 20.8. The summed E-state index contributed by atoms with van der Waals surface area (Å²) in [5, 5.41) is 3.39. The molecule has 0 saturated carbocycles. The zero-order valence-electron chi connectivity index (χ0n) is 16.0. The van der Waals surface area contributed by atoms with Gasteiger partial charge in [0.2, 0.25) is 0 Å². The largest absolute Gasteiger partial charge is 1.00 e. The molecule has 0 saturated heterocycles. The summed E-state index contributed by atoms with van der Waals surface area (Å²) in [5.74, 6) is 0. The minimum Gasteiger partial charge on any atom is -1.00 e. The standard InChI is InChI=1S/C20H29Si.3ClH.Ti/c1-6-8-12-21(5,20-11-9-10-18(20)7-2)19-14-16(3)13-17(4)15-19;;;;/h11,13-15H,6-9,12H2,1-5H3;3*1H;/q;;;;+3/p-3. The Labute approximate surface area is 186 Å². The molecule has 0 amide bonds. The molecule has 0 nitrogen and oxygen atoms in total. The molecule has 0 heterocycles. The first kappa shape index (κ1) is 27.7. The second-order valence-corrected chi connectivity index (χ2v) is 12.2. The van der Waals surface area contributed by atoms with Crippen LogP contribution in [0.3, 0.4) is 0 Å². The summed E-state index contributed by atoms with van der Waals surface area (Å²) in [6.07, 6.45) is 7.58. The van der Waals surface area contributed by atoms with Crippen LogP contribution in [-0.4, -0.2) is 8.07 Å². The molecule has 2 rings (SSSR count). The van der Waals surface area contributed by atoms with Gasteiger partial charge in [-0.3, -0.25) is 0 Å². The Hall–Kier alpha value is 0.501. The van der Waals surface area contributed by atoms with Gasteiger partial charge in [0, 0.05) is 0 Å². The molecule has 0 spiro atoms. The van der Waals surface area contributed by atoms with Crippen LogP contribution in [-0.2, 0) is 20.4 Å². The van der Waals surface area contributed by atoms with E-state index in [0.717, 1.165) is 0 Å². The van der Waals surface area contributed by atoms with Gasteiger partial charge in [-0.2, -0.15) is 0 Å². The van der Waals surface area contributed by atoms with Gasteiger partial charge in [0.05, 0.1) is 0 Å². The first-order valence-corrected chi connectivity index (χ1v) is 12.1. The van der Waals surface area contributed by atoms with E-state index in [4.69, 9.17) is 0 Å². The van der Waals surface area contributed by atoms with Crippen molar-refractivity contribution in [2.75, 3.05) is 0 Å². The third-order valence-electron chi connectivity index (χ3n) is 5.04. The Morgan fingerprint density at radius 1 is 1.00 bits per heavy atom. The van der Waals surface area contributed by atoms with E-state index in [1.807, 2.05) is 0 Å². The van der Waals surface area contributed by atoms with Gasteiger partial charge < -0.3 is 37.2 Å². The molecule has 1 aromatic rings. The molecule has 25 heavy (non-hydrogen) atoms. The number of unbranched alkanes of at least 4 members (excludes halogenated alkanes) is 1. The average Bonchev–Trinajstić information content (AvgIpc) is 2.85. The van der Waals surface area contributed by atoms with Crippen LogP contribution in [0.2, 0.25) is 12.6 Å². The summed E-state index contributed by atoms with van der Waals surface area (Å²) in [6.45, 7) is 11.7. The quantitative estimate of drug-likeness (QED) is 0.394. The summed E-state index contributed by atoms with van der Waals surface area (Å²) in [7, 11) is -1.60. The normalized spacial score (nSPS) is 15.6. The summed E-state index contributed by atoms with van der Waals surface area (Å²) in [4.78, 5) is 0. The molecule has 1 atom stereocenters. The predicted molar refractivity (Wildman–Crippen MR) is 96.9 cm³/mol. The first-order chi connectivity index (χ1) is 10.4. The van der Waals surface area contributed by atoms with Crippen LogP contribution in [0.4, 0.5) is 0 Å². The molecular formula is C20H29Cl3SiTi. The average molecular weight is 452 g/mol. The van der Waals surface area contributed by atoms with E-state index in [1.165, 1.54) is 42.9 Å². The first-order valence-electron chi connectivity index (χ1n) is 8.65. The van der Waals surface area contributed by atoms with Gasteiger partial charge in [0.1, 0.15) is 0 Å². The van der Waals surface area contributed by atoms with Crippen LogP contribution < -0.4 is 42.4 Å². The Morgan fingerprint density at radius 2 is 1.56 bits per heavy atom. The van der Waals surface area contributed by atoms with Crippen LogP contribution in [0.15, 0.2) is 38.9 Å². The molecule has 0 N–H and O–H groups in total. The third kappa shape index (κ3) is 6.26. The molecule has 1 unspecified atom stereocenters. The molecule has 0 fully saturated rings. The van der Waals surface area contributed by atoms with Gasteiger partial charge in [0.15, 0.2) is 0 Å². The summed E-state index contributed by atoms with van der Waals surface area (Å²) in [5.41, 5.74) is 4.51. The van der Waals surface area contributed by atoms with Gasteiger partial charge >= 0.3 is 150 Å². The molecule has 1 aliphatic carbocycles. The van der Waals surface area contributed by atoms with Gasteiger partial charge in [0.25, 0.3) is 0 Å². The minimum atomic E-state index is -1.60. The van der Waals surface area contributed by atoms with Crippen molar-refractivity contribution < 1.29 is 57.7 Å². The van der Waals surface area contributed by atoms with Crippen LogP contribution in [0.25, 0.3) is 0 Å². The Bertz CT molecular complexity index is 605. The van der Waals surface area contributed by atoms with Crippen molar-refractivity contribution in [3.63, 3.8) is 0 Å². The van der Waals surface area contributed by atoms with E-state index in [-0.39, 0.29) is 37.2 Å². The van der Waals surface area contributed by atoms with Gasteiger partial charge in [-0.05, 0) is 0 Å². The number of aryl methyl sites for hydroxylation is 2. The molecule has 0 radical (unpaired) electrons. The van der Waals surface area contributed by atoms with E-state index in [1.54, 1.807) is 19.8 Å². The molecule has 0 bridgehead atoms. The summed E-state index contributed by atoms with van der Waals surface area (Å²) >= 11 is 2.33. The van der Waals surface area contributed by atoms with E-state index in [9.17, 15) is 0 Å². The number of rotatable bonds is 6. The van der Waals surface area contributed by atoms with Crippen molar-refractivity contribution in [1.82, 2.24) is 0 Å². The minimum absolute atomic E-state index is 0. The monoisotopic (exact) mass is 450 g/mol. The van der Waals surface area contributed by atoms with Crippen molar-refractivity contribution in [3.8, 4) is 0 Å². The van der Waals surface area contributed by atoms with Crippen LogP contribution in [0.1, 0.15) is 50.7 Å². The van der Waals surface area contributed by atoms with Crippen molar-refractivity contribution in [2.45, 2.75) is 66.0 Å². The van der Waals surface area contributed by atoms with Gasteiger partial charge in [-0.1, -0.05) is 0 Å². The third-order valence-corrected chi connectivity index (χ3v) is 10.4. The molecule has 138 valence electrons. The fourth-order valence-corrected chi connectivity index (χ4v) is 9.24. The van der Waals surface area contributed by atoms with Crippen molar-refractivity contribution in [2.24, 2.45) is 0 Å². The number of allylic oxidation sites excluding steroid dienone is 4. The molecule has 0 aromatic heterocycles. The van der Waals surface area contributed by atoms with Gasteiger partial charge in [-0.15, -0.1) is 0 Å². The molecule has 0 aliphatic heterocycles. The van der Waals surface area contributed by atoms with Crippen molar-refractivity contribution >= 4 is 13.3 Å². The summed E-state index contributed by atoms with van der Waals surface area (Å²) < 4.78 is 1.61. The second kappa shape index (κ2) is 12.1. The summed E-state index contributed by atoms with van der Waals surface area (Å²) in [6, 6.07) is 8.63. The molecular weight excluding hydrogens is 423 g/mol. The topological polar surface area (TPSA) is 0 Å². The SMILES string of the molecule is CCCC[Si](C)(C1=CC[C]([Ti+3])=C1CC)c1cc(C)cc(C)c1.[Cl-].[Cl-].[Cl-].